The van der Waals surface area contributed by atoms with Crippen molar-refractivity contribution in [1.29, 1.82) is 0 Å². The van der Waals surface area contributed by atoms with Gasteiger partial charge in [0.1, 0.15) is 27.0 Å². The maximum Gasteiger partial charge on any atom is 0.271 e. The fraction of sp³-hybridized carbons (Fsp3) is 0.391. The molecule has 0 bridgehead atoms. The molecule has 13 heteroatoms. The van der Waals surface area contributed by atoms with Crippen LogP contribution in [0.1, 0.15) is 65.8 Å². The molecule has 3 aromatic heterocycles. The van der Waals surface area contributed by atoms with Crippen LogP contribution < -0.4 is 21.9 Å². The SMILES string of the molecule is C/C=C/c1nc(C)c(NC(=O)c2cnc(Nc3s[nH]c(=O)c3C(N)=NCCC3CCCC3)s2)c(Cl)n1. The van der Waals surface area contributed by atoms with E-state index in [1.807, 2.05) is 6.92 Å². The number of nitrogens with zero attached hydrogens (tertiary/aromatic N) is 4. The summed E-state index contributed by atoms with van der Waals surface area (Å²) in [7, 11) is 0. The van der Waals surface area contributed by atoms with Gasteiger partial charge in [0, 0.05) is 6.54 Å². The molecule has 1 amide bonds. The molecular weight excluding hydrogens is 520 g/mol. The molecule has 0 spiro atoms. The van der Waals surface area contributed by atoms with Gasteiger partial charge in [0.05, 0.1) is 11.9 Å². The van der Waals surface area contributed by atoms with Crippen LogP contribution in [0.5, 0.6) is 0 Å². The van der Waals surface area contributed by atoms with E-state index >= 15 is 0 Å². The maximum absolute atomic E-state index is 12.8. The topological polar surface area (TPSA) is 151 Å². The first-order valence-electron chi connectivity index (χ1n) is 11.6. The van der Waals surface area contributed by atoms with Crippen LogP contribution in [-0.2, 0) is 0 Å². The first-order valence-corrected chi connectivity index (χ1v) is 13.6. The lowest BCUT2D eigenvalue weighted by atomic mass is 10.0. The highest BCUT2D eigenvalue weighted by Crippen LogP contribution is 2.29. The molecule has 3 aromatic rings. The number of thiazole rings is 1. The minimum atomic E-state index is -0.400. The Kier molecular flexibility index (Phi) is 8.49. The number of allylic oxidation sites excluding steroid dienone is 1. The van der Waals surface area contributed by atoms with E-state index in [0.29, 0.717) is 44.7 Å². The molecule has 5 N–H and O–H groups in total. The summed E-state index contributed by atoms with van der Waals surface area (Å²) in [6.07, 6.45) is 11.0. The Hall–Kier alpha value is -3.09. The number of amidine groups is 1. The molecule has 1 fully saturated rings. The van der Waals surface area contributed by atoms with Crippen molar-refractivity contribution in [1.82, 2.24) is 19.3 Å². The van der Waals surface area contributed by atoms with Crippen molar-refractivity contribution >= 4 is 68.1 Å². The van der Waals surface area contributed by atoms with Crippen molar-refractivity contribution in [2.45, 2.75) is 46.0 Å². The van der Waals surface area contributed by atoms with Crippen LogP contribution >= 0.6 is 34.5 Å². The highest BCUT2D eigenvalue weighted by Gasteiger charge is 2.20. The molecule has 0 aromatic carbocycles. The number of aromatic nitrogens is 4. The highest BCUT2D eigenvalue weighted by molar-refractivity contribution is 7.18. The van der Waals surface area contributed by atoms with Crippen LogP contribution in [0.4, 0.5) is 15.8 Å². The van der Waals surface area contributed by atoms with Crippen molar-refractivity contribution in [3.8, 4) is 0 Å². The van der Waals surface area contributed by atoms with Crippen LogP contribution in [0.2, 0.25) is 5.15 Å². The molecule has 190 valence electrons. The molecule has 0 aliphatic heterocycles. The van der Waals surface area contributed by atoms with Crippen molar-refractivity contribution in [2.75, 3.05) is 17.2 Å². The molecular formula is C23H27ClN8O2S2. The monoisotopic (exact) mass is 546 g/mol. The van der Waals surface area contributed by atoms with Crippen molar-refractivity contribution in [3.63, 3.8) is 0 Å². The Morgan fingerprint density at radius 3 is 2.86 bits per heavy atom. The minimum absolute atomic E-state index is 0.149. The van der Waals surface area contributed by atoms with Gasteiger partial charge in [0.2, 0.25) is 0 Å². The zero-order chi connectivity index (χ0) is 25.7. The molecule has 36 heavy (non-hydrogen) atoms. The number of aryl methyl sites for hydroxylation is 1. The summed E-state index contributed by atoms with van der Waals surface area (Å²) in [5, 5.41) is 6.91. The number of hydrogen-bond donors (Lipinski definition) is 4. The number of nitrogens with two attached hydrogens (primary N) is 1. The van der Waals surface area contributed by atoms with E-state index in [0.717, 1.165) is 29.3 Å². The van der Waals surface area contributed by atoms with Crippen LogP contribution in [0.15, 0.2) is 22.1 Å². The van der Waals surface area contributed by atoms with Crippen LogP contribution in [0.25, 0.3) is 6.08 Å². The lowest BCUT2D eigenvalue weighted by molar-refractivity contribution is 0.103. The third kappa shape index (κ3) is 6.18. The molecule has 4 rings (SSSR count). The largest absolute Gasteiger partial charge is 0.383 e. The van der Waals surface area contributed by atoms with Crippen LogP contribution in [0.3, 0.4) is 0 Å². The van der Waals surface area contributed by atoms with Gasteiger partial charge >= 0.3 is 0 Å². The van der Waals surface area contributed by atoms with Gasteiger partial charge in [-0.25, -0.2) is 15.0 Å². The Balaban J connectivity index is 1.44. The molecule has 3 heterocycles. The van der Waals surface area contributed by atoms with Gasteiger partial charge in [-0.3, -0.25) is 19.0 Å². The molecule has 1 saturated carbocycles. The number of nitrogens with one attached hydrogen (secondary N) is 3. The normalized spacial score (nSPS) is 14.6. The van der Waals surface area contributed by atoms with Crippen LogP contribution in [-0.4, -0.2) is 37.6 Å². The quantitative estimate of drug-likeness (QED) is 0.168. The van der Waals surface area contributed by atoms with Gasteiger partial charge in [-0.05, 0) is 43.8 Å². The Labute approximate surface area is 221 Å². The summed E-state index contributed by atoms with van der Waals surface area (Å²) in [5.41, 5.74) is 7.02. The predicted molar refractivity (Wildman–Crippen MR) is 147 cm³/mol. The smallest absolute Gasteiger partial charge is 0.271 e. The predicted octanol–water partition coefficient (Wildman–Crippen LogP) is 4.96. The van der Waals surface area contributed by atoms with Gasteiger partial charge in [-0.2, -0.15) is 0 Å². The number of aromatic amines is 1. The number of anilines is 3. The van der Waals surface area contributed by atoms with Gasteiger partial charge in [0.25, 0.3) is 11.5 Å². The highest BCUT2D eigenvalue weighted by atomic mass is 35.5. The third-order valence-corrected chi connectivity index (χ3v) is 7.80. The minimum Gasteiger partial charge on any atom is -0.383 e. The van der Waals surface area contributed by atoms with Gasteiger partial charge in [0.15, 0.2) is 16.1 Å². The second-order valence-corrected chi connectivity index (χ2v) is 10.6. The summed E-state index contributed by atoms with van der Waals surface area (Å²) in [5.74, 6) is 0.948. The average molecular weight is 547 g/mol. The first-order chi connectivity index (χ1) is 17.4. The maximum atomic E-state index is 12.8. The summed E-state index contributed by atoms with van der Waals surface area (Å²) < 4.78 is 2.69. The summed E-state index contributed by atoms with van der Waals surface area (Å²) in [6, 6.07) is 0. The zero-order valence-electron chi connectivity index (χ0n) is 19.9. The summed E-state index contributed by atoms with van der Waals surface area (Å²) >= 11 is 8.49. The molecule has 1 aliphatic carbocycles. The fourth-order valence-electron chi connectivity index (χ4n) is 4.00. The fourth-order valence-corrected chi connectivity index (χ4v) is 5.80. The molecule has 0 atom stereocenters. The van der Waals surface area contributed by atoms with E-state index in [-0.39, 0.29) is 22.1 Å². The second kappa shape index (κ2) is 11.8. The van der Waals surface area contributed by atoms with E-state index in [2.05, 4.69) is 35.0 Å². The van der Waals surface area contributed by atoms with E-state index in [1.165, 1.54) is 31.9 Å². The number of H-pyrrole nitrogens is 1. The number of rotatable bonds is 9. The van der Waals surface area contributed by atoms with E-state index in [1.54, 1.807) is 19.1 Å². The molecule has 0 saturated heterocycles. The Bertz CT molecular complexity index is 1330. The Morgan fingerprint density at radius 2 is 2.14 bits per heavy atom. The Morgan fingerprint density at radius 1 is 1.36 bits per heavy atom. The lowest BCUT2D eigenvalue weighted by Crippen LogP contribution is -2.22. The van der Waals surface area contributed by atoms with Gasteiger partial charge < -0.3 is 16.4 Å². The van der Waals surface area contributed by atoms with Gasteiger partial charge in [-0.15, -0.1) is 0 Å². The van der Waals surface area contributed by atoms with E-state index < -0.39 is 5.91 Å². The zero-order valence-corrected chi connectivity index (χ0v) is 22.3. The summed E-state index contributed by atoms with van der Waals surface area (Å²) in [6.45, 7) is 4.18. The molecule has 0 radical (unpaired) electrons. The van der Waals surface area contributed by atoms with Crippen molar-refractivity contribution < 1.29 is 4.79 Å². The molecule has 0 unspecified atom stereocenters. The van der Waals surface area contributed by atoms with Crippen molar-refractivity contribution in [2.24, 2.45) is 16.6 Å². The second-order valence-electron chi connectivity index (χ2n) is 8.39. The van der Waals surface area contributed by atoms with Crippen LogP contribution in [0, 0.1) is 12.8 Å². The third-order valence-electron chi connectivity index (χ3n) is 5.82. The number of amides is 1. The van der Waals surface area contributed by atoms with E-state index in [4.69, 9.17) is 17.3 Å². The number of halogens is 1. The standard InChI is InChI=1S/C23H27ClN8O2S2/c1-3-6-15-28-12(2)17(18(24)29-15)30-20(33)14-11-27-23(35-14)31-22-16(21(34)32-36-22)19(25)26-10-9-13-7-4-5-8-13/h3,6,11,13H,4-5,7-10H2,1-2H3,(H2,25,26)(H,27,31)(H,30,33)(H,32,34)/b6-3+. The summed E-state index contributed by atoms with van der Waals surface area (Å²) in [4.78, 5) is 42.7. The number of carbonyl (C=O) groups is 1. The lowest BCUT2D eigenvalue weighted by Gasteiger charge is -2.09. The van der Waals surface area contributed by atoms with Gasteiger partial charge in [-0.1, -0.05) is 54.7 Å². The molecule has 10 nitrogen and oxygen atoms in total. The number of carbonyl (C=O) groups excluding carboxylic acids is 1. The van der Waals surface area contributed by atoms with Crippen molar-refractivity contribution in [3.05, 3.63) is 49.7 Å². The average Bonchev–Trinajstić information content (AvgIpc) is 3.59. The van der Waals surface area contributed by atoms with E-state index in [9.17, 15) is 9.59 Å². The first kappa shape index (κ1) is 26.0. The number of hydrogen-bond acceptors (Lipinski definition) is 9. The molecule has 1 aliphatic rings. The number of aliphatic imine (C=N–C) groups is 1.